The third-order valence-corrected chi connectivity index (χ3v) is 3.18. The molecule has 0 aliphatic rings. The Morgan fingerprint density at radius 1 is 1.32 bits per heavy atom. The molecule has 0 spiro atoms. The Balaban J connectivity index is 1.83. The second kappa shape index (κ2) is 8.29. The standard InChI is InChI=1S/C16H20FN3O2/c1-18-9-4-10-19-15(21)7-8-16-20-11-14(22-16)12-5-2-3-6-13(12)17/h2-3,5-6,11,18H,4,7-10H2,1H3,(H,19,21). The molecule has 0 radical (unpaired) electrons. The number of carbonyl (C=O) groups is 1. The van der Waals surface area contributed by atoms with E-state index in [1.54, 1.807) is 18.2 Å². The maximum atomic E-state index is 13.6. The van der Waals surface area contributed by atoms with Crippen molar-refractivity contribution in [3.05, 3.63) is 42.2 Å². The molecule has 0 atom stereocenters. The van der Waals surface area contributed by atoms with E-state index in [0.717, 1.165) is 13.0 Å². The van der Waals surface area contributed by atoms with Gasteiger partial charge in [-0.25, -0.2) is 9.37 Å². The van der Waals surface area contributed by atoms with Gasteiger partial charge in [-0.05, 0) is 32.1 Å². The van der Waals surface area contributed by atoms with Crippen LogP contribution < -0.4 is 10.6 Å². The number of oxazole rings is 1. The van der Waals surface area contributed by atoms with Gasteiger partial charge >= 0.3 is 0 Å². The highest BCUT2D eigenvalue weighted by Gasteiger charge is 2.11. The first kappa shape index (κ1) is 16.2. The van der Waals surface area contributed by atoms with E-state index in [9.17, 15) is 9.18 Å². The summed E-state index contributed by atoms with van der Waals surface area (Å²) in [6.45, 7) is 1.51. The first-order chi connectivity index (χ1) is 10.7. The van der Waals surface area contributed by atoms with Crippen molar-refractivity contribution in [3.63, 3.8) is 0 Å². The molecule has 0 aliphatic carbocycles. The van der Waals surface area contributed by atoms with E-state index >= 15 is 0 Å². The molecule has 1 aromatic heterocycles. The lowest BCUT2D eigenvalue weighted by Crippen LogP contribution is -2.26. The van der Waals surface area contributed by atoms with Crippen LogP contribution in [0.2, 0.25) is 0 Å². The molecule has 2 aromatic rings. The molecule has 0 aliphatic heterocycles. The topological polar surface area (TPSA) is 67.2 Å². The number of nitrogens with zero attached hydrogens (tertiary/aromatic N) is 1. The zero-order valence-corrected chi connectivity index (χ0v) is 12.6. The lowest BCUT2D eigenvalue weighted by molar-refractivity contribution is -0.121. The van der Waals surface area contributed by atoms with Gasteiger partial charge in [0.15, 0.2) is 11.7 Å². The second-order valence-corrected chi connectivity index (χ2v) is 4.91. The minimum Gasteiger partial charge on any atom is -0.441 e. The van der Waals surface area contributed by atoms with Gasteiger partial charge in [0.2, 0.25) is 5.91 Å². The smallest absolute Gasteiger partial charge is 0.220 e. The van der Waals surface area contributed by atoms with Crippen LogP contribution >= 0.6 is 0 Å². The molecule has 0 bridgehead atoms. The number of benzene rings is 1. The number of halogens is 1. The molecule has 22 heavy (non-hydrogen) atoms. The van der Waals surface area contributed by atoms with Gasteiger partial charge in [0.05, 0.1) is 11.8 Å². The van der Waals surface area contributed by atoms with Crippen LogP contribution in [-0.2, 0) is 11.2 Å². The molecule has 1 aromatic carbocycles. The average Bonchev–Trinajstić information content (AvgIpc) is 2.99. The van der Waals surface area contributed by atoms with Crippen molar-refractivity contribution in [1.82, 2.24) is 15.6 Å². The lowest BCUT2D eigenvalue weighted by Gasteiger charge is -2.03. The Morgan fingerprint density at radius 3 is 2.91 bits per heavy atom. The van der Waals surface area contributed by atoms with Crippen LogP contribution in [0.1, 0.15) is 18.7 Å². The number of rotatable bonds is 8. The quantitative estimate of drug-likeness (QED) is 0.733. The number of aryl methyl sites for hydroxylation is 1. The summed E-state index contributed by atoms with van der Waals surface area (Å²) in [5, 5.41) is 5.84. The number of carbonyl (C=O) groups excluding carboxylic acids is 1. The van der Waals surface area contributed by atoms with Gasteiger partial charge in [0.1, 0.15) is 5.82 Å². The van der Waals surface area contributed by atoms with Crippen molar-refractivity contribution >= 4 is 5.91 Å². The molecule has 0 unspecified atom stereocenters. The maximum absolute atomic E-state index is 13.6. The molecule has 6 heteroatoms. The van der Waals surface area contributed by atoms with Crippen LogP contribution in [0, 0.1) is 5.82 Å². The summed E-state index contributed by atoms with van der Waals surface area (Å²) in [4.78, 5) is 15.7. The number of hydrogen-bond acceptors (Lipinski definition) is 4. The van der Waals surface area contributed by atoms with Gasteiger partial charge in [0, 0.05) is 19.4 Å². The Hall–Kier alpha value is -2.21. The number of hydrogen-bond donors (Lipinski definition) is 2. The van der Waals surface area contributed by atoms with E-state index in [-0.39, 0.29) is 11.7 Å². The summed E-state index contributed by atoms with van der Waals surface area (Å²) in [5.41, 5.74) is 0.373. The molecule has 1 amide bonds. The van der Waals surface area contributed by atoms with Gasteiger partial charge in [-0.3, -0.25) is 4.79 Å². The normalized spacial score (nSPS) is 10.6. The summed E-state index contributed by atoms with van der Waals surface area (Å²) >= 11 is 0. The van der Waals surface area contributed by atoms with E-state index in [0.29, 0.717) is 36.6 Å². The second-order valence-electron chi connectivity index (χ2n) is 4.91. The van der Waals surface area contributed by atoms with Crippen LogP contribution in [-0.4, -0.2) is 31.0 Å². The predicted molar refractivity (Wildman–Crippen MR) is 81.8 cm³/mol. The SMILES string of the molecule is CNCCCNC(=O)CCc1ncc(-c2ccccc2F)o1. The number of amides is 1. The summed E-state index contributed by atoms with van der Waals surface area (Å²) in [6, 6.07) is 6.36. The molecule has 5 nitrogen and oxygen atoms in total. The summed E-state index contributed by atoms with van der Waals surface area (Å²) in [5.74, 6) is 0.417. The highest BCUT2D eigenvalue weighted by molar-refractivity contribution is 5.76. The van der Waals surface area contributed by atoms with Gasteiger partial charge in [-0.15, -0.1) is 0 Å². The number of aromatic nitrogens is 1. The minimum atomic E-state index is -0.354. The Bertz CT molecular complexity index is 613. The van der Waals surface area contributed by atoms with E-state index < -0.39 is 0 Å². The van der Waals surface area contributed by atoms with Crippen LogP contribution in [0.5, 0.6) is 0 Å². The maximum Gasteiger partial charge on any atom is 0.220 e. The van der Waals surface area contributed by atoms with E-state index in [1.165, 1.54) is 12.3 Å². The zero-order chi connectivity index (χ0) is 15.8. The van der Waals surface area contributed by atoms with Crippen LogP contribution in [0.4, 0.5) is 4.39 Å². The van der Waals surface area contributed by atoms with Gasteiger partial charge < -0.3 is 15.1 Å². The summed E-state index contributed by atoms with van der Waals surface area (Å²) < 4.78 is 19.1. The first-order valence-electron chi connectivity index (χ1n) is 7.31. The summed E-state index contributed by atoms with van der Waals surface area (Å²) in [6.07, 6.45) is 3.07. The van der Waals surface area contributed by atoms with Crippen molar-refractivity contribution in [2.75, 3.05) is 20.1 Å². The highest BCUT2D eigenvalue weighted by atomic mass is 19.1. The minimum absolute atomic E-state index is 0.0401. The fraction of sp³-hybridized carbons (Fsp3) is 0.375. The Kier molecular flexibility index (Phi) is 6.09. The number of nitrogens with one attached hydrogen (secondary N) is 2. The molecule has 0 saturated carbocycles. The van der Waals surface area contributed by atoms with Gasteiger partial charge in [-0.1, -0.05) is 12.1 Å². The molecular weight excluding hydrogens is 285 g/mol. The molecule has 1 heterocycles. The van der Waals surface area contributed by atoms with Gasteiger partial charge in [-0.2, -0.15) is 0 Å². The molecule has 2 rings (SSSR count). The van der Waals surface area contributed by atoms with E-state index in [1.807, 2.05) is 7.05 Å². The van der Waals surface area contributed by atoms with Crippen molar-refractivity contribution < 1.29 is 13.6 Å². The van der Waals surface area contributed by atoms with E-state index in [2.05, 4.69) is 15.6 Å². The van der Waals surface area contributed by atoms with Crippen LogP contribution in [0.15, 0.2) is 34.9 Å². The van der Waals surface area contributed by atoms with Crippen LogP contribution in [0.3, 0.4) is 0 Å². The fourth-order valence-electron chi connectivity index (χ4n) is 2.01. The average molecular weight is 305 g/mol. The fourth-order valence-corrected chi connectivity index (χ4v) is 2.01. The highest BCUT2D eigenvalue weighted by Crippen LogP contribution is 2.23. The van der Waals surface area contributed by atoms with Crippen LogP contribution in [0.25, 0.3) is 11.3 Å². The molecular formula is C16H20FN3O2. The third-order valence-electron chi connectivity index (χ3n) is 3.18. The van der Waals surface area contributed by atoms with Gasteiger partial charge in [0.25, 0.3) is 0 Å². The van der Waals surface area contributed by atoms with E-state index in [4.69, 9.17) is 4.42 Å². The molecule has 2 N–H and O–H groups in total. The largest absolute Gasteiger partial charge is 0.441 e. The predicted octanol–water partition coefficient (Wildman–Crippen LogP) is 2.14. The lowest BCUT2D eigenvalue weighted by atomic mass is 10.2. The molecule has 118 valence electrons. The van der Waals surface area contributed by atoms with Crippen molar-refractivity contribution in [3.8, 4) is 11.3 Å². The third kappa shape index (κ3) is 4.66. The first-order valence-corrected chi connectivity index (χ1v) is 7.31. The van der Waals surface area contributed by atoms with Crippen molar-refractivity contribution in [2.24, 2.45) is 0 Å². The Labute approximate surface area is 128 Å². The molecule has 0 fully saturated rings. The monoisotopic (exact) mass is 305 g/mol. The van der Waals surface area contributed by atoms with Crippen molar-refractivity contribution in [2.45, 2.75) is 19.3 Å². The Morgan fingerprint density at radius 2 is 2.14 bits per heavy atom. The molecule has 0 saturated heterocycles. The summed E-state index contributed by atoms with van der Waals surface area (Å²) in [7, 11) is 1.87. The zero-order valence-electron chi connectivity index (χ0n) is 12.6. The van der Waals surface area contributed by atoms with Crippen molar-refractivity contribution in [1.29, 1.82) is 0 Å².